The van der Waals surface area contributed by atoms with E-state index in [1.807, 2.05) is 36.4 Å². The summed E-state index contributed by atoms with van der Waals surface area (Å²) in [5, 5.41) is 11.7. The van der Waals surface area contributed by atoms with Gasteiger partial charge >= 0.3 is 5.69 Å². The van der Waals surface area contributed by atoms with E-state index >= 15 is 0 Å². The van der Waals surface area contributed by atoms with Gasteiger partial charge in [0.2, 0.25) is 5.91 Å². The van der Waals surface area contributed by atoms with Gasteiger partial charge in [-0.05, 0) is 48.0 Å². The lowest BCUT2D eigenvalue weighted by molar-refractivity contribution is 0.0995. The lowest BCUT2D eigenvalue weighted by atomic mass is 10.0. The molecule has 0 aliphatic rings. The fourth-order valence-corrected chi connectivity index (χ4v) is 4.23. The average molecular weight is 498 g/mol. The number of nitrogens with zero attached hydrogens (tertiary/aromatic N) is 5. The molecule has 0 unspecified atom stereocenters. The zero-order chi connectivity index (χ0) is 26.3. The summed E-state index contributed by atoms with van der Waals surface area (Å²) in [6.07, 6.45) is 1.46. The predicted molar refractivity (Wildman–Crippen MR) is 138 cm³/mol. The van der Waals surface area contributed by atoms with E-state index in [1.54, 1.807) is 37.0 Å². The van der Waals surface area contributed by atoms with Crippen molar-refractivity contribution in [3.05, 3.63) is 88.7 Å². The Hall–Kier alpha value is -5.19. The Morgan fingerprint density at radius 2 is 1.76 bits per heavy atom. The number of hydrogen-bond donors (Lipinski definition) is 2. The largest absolute Gasteiger partial charge is 0.495 e. The van der Waals surface area contributed by atoms with Gasteiger partial charge in [0.05, 0.1) is 23.7 Å². The number of primary amides is 1. The lowest BCUT2D eigenvalue weighted by Crippen LogP contribution is -2.21. The van der Waals surface area contributed by atoms with Crippen LogP contribution in [0.4, 0.5) is 5.69 Å². The van der Waals surface area contributed by atoms with Crippen molar-refractivity contribution in [1.82, 2.24) is 24.1 Å². The van der Waals surface area contributed by atoms with E-state index in [1.165, 1.54) is 28.8 Å². The monoisotopic (exact) mass is 497 g/mol. The summed E-state index contributed by atoms with van der Waals surface area (Å²) in [5.41, 5.74) is 8.91. The number of carbonyl (C=O) groups is 2. The SMILES string of the molecule is COc1c(-c2ccc(-n3cnn(C)c3=O)cc2)ccc2c1c(C(=O)Nc1cccc(C(N)=O)c1)nn2C. The number of anilines is 1. The Labute approximate surface area is 210 Å². The van der Waals surface area contributed by atoms with E-state index in [2.05, 4.69) is 15.5 Å². The average Bonchev–Trinajstić information content (AvgIpc) is 3.42. The summed E-state index contributed by atoms with van der Waals surface area (Å²) in [6.45, 7) is 0. The van der Waals surface area contributed by atoms with Crippen LogP contribution < -0.4 is 21.5 Å². The summed E-state index contributed by atoms with van der Waals surface area (Å²) in [4.78, 5) is 37.0. The minimum absolute atomic E-state index is 0.166. The molecule has 0 fully saturated rings. The van der Waals surface area contributed by atoms with E-state index in [-0.39, 0.29) is 16.9 Å². The van der Waals surface area contributed by atoms with Crippen LogP contribution in [-0.4, -0.2) is 43.1 Å². The minimum atomic E-state index is -0.592. The number of benzene rings is 3. The van der Waals surface area contributed by atoms with E-state index < -0.39 is 11.8 Å². The molecular weight excluding hydrogens is 474 g/mol. The smallest absolute Gasteiger partial charge is 0.350 e. The quantitative estimate of drug-likeness (QED) is 0.370. The van der Waals surface area contributed by atoms with Crippen molar-refractivity contribution in [3.63, 3.8) is 0 Å². The fraction of sp³-hybridized carbons (Fsp3) is 0.115. The predicted octanol–water partition coefficient (Wildman–Crippen LogP) is 2.48. The molecule has 11 heteroatoms. The summed E-state index contributed by atoms with van der Waals surface area (Å²) < 4.78 is 10.1. The third-order valence-electron chi connectivity index (χ3n) is 6.08. The first-order chi connectivity index (χ1) is 17.8. The second kappa shape index (κ2) is 9.11. The van der Waals surface area contributed by atoms with Gasteiger partial charge in [-0.25, -0.2) is 14.0 Å². The molecule has 0 aliphatic carbocycles. The molecule has 0 saturated heterocycles. The lowest BCUT2D eigenvalue weighted by Gasteiger charge is -2.12. The topological polar surface area (TPSA) is 139 Å². The third-order valence-corrected chi connectivity index (χ3v) is 6.08. The molecule has 3 aromatic carbocycles. The number of nitrogens with two attached hydrogens (primary N) is 1. The number of ether oxygens (including phenoxy) is 1. The Morgan fingerprint density at radius 3 is 2.41 bits per heavy atom. The highest BCUT2D eigenvalue weighted by Crippen LogP contribution is 2.38. The van der Waals surface area contributed by atoms with Gasteiger partial charge in [-0.3, -0.25) is 14.3 Å². The summed E-state index contributed by atoms with van der Waals surface area (Å²) in [5.74, 6) is -0.577. The van der Waals surface area contributed by atoms with Crippen molar-refractivity contribution >= 4 is 28.4 Å². The van der Waals surface area contributed by atoms with Crippen LogP contribution in [0.1, 0.15) is 20.8 Å². The molecule has 0 radical (unpaired) electrons. The maximum Gasteiger partial charge on any atom is 0.350 e. The van der Waals surface area contributed by atoms with Gasteiger partial charge in [-0.1, -0.05) is 18.2 Å². The van der Waals surface area contributed by atoms with Crippen LogP contribution >= 0.6 is 0 Å². The van der Waals surface area contributed by atoms with E-state index in [4.69, 9.17) is 10.5 Å². The number of fused-ring (bicyclic) bond motifs is 1. The number of carbonyl (C=O) groups excluding carboxylic acids is 2. The third kappa shape index (κ3) is 4.12. The van der Waals surface area contributed by atoms with E-state index in [9.17, 15) is 14.4 Å². The van der Waals surface area contributed by atoms with Crippen molar-refractivity contribution in [2.75, 3.05) is 12.4 Å². The molecule has 2 heterocycles. The fourth-order valence-electron chi connectivity index (χ4n) is 4.23. The summed E-state index contributed by atoms with van der Waals surface area (Å²) >= 11 is 0. The number of aryl methyl sites for hydroxylation is 2. The standard InChI is InChI=1S/C26H23N7O4/c1-31-20-12-11-19(15-7-9-18(10-8-15)33-14-28-32(2)26(33)36)23(37-3)21(20)22(30-31)25(35)29-17-6-4-5-16(13-17)24(27)34/h4-14H,1-3H3,(H2,27,34)(H,29,35). The van der Waals surface area contributed by atoms with Crippen molar-refractivity contribution in [2.45, 2.75) is 0 Å². The molecular formula is C26H23N7O4. The molecule has 37 heavy (non-hydrogen) atoms. The van der Waals surface area contributed by atoms with Crippen LogP contribution in [0, 0.1) is 0 Å². The van der Waals surface area contributed by atoms with Crippen molar-refractivity contribution in [2.24, 2.45) is 19.8 Å². The normalized spacial score (nSPS) is 11.0. The Kier molecular flexibility index (Phi) is 5.80. The van der Waals surface area contributed by atoms with Crippen LogP contribution in [-0.2, 0) is 14.1 Å². The zero-order valence-electron chi connectivity index (χ0n) is 20.3. The highest BCUT2D eigenvalue weighted by molar-refractivity contribution is 6.14. The van der Waals surface area contributed by atoms with Crippen molar-refractivity contribution in [1.29, 1.82) is 0 Å². The maximum atomic E-state index is 13.3. The molecule has 5 aromatic rings. The van der Waals surface area contributed by atoms with Crippen LogP contribution in [0.5, 0.6) is 5.75 Å². The van der Waals surface area contributed by atoms with E-state index in [0.717, 1.165) is 11.1 Å². The molecule has 0 aliphatic heterocycles. The van der Waals surface area contributed by atoms with Gasteiger partial charge in [-0.15, -0.1) is 0 Å². The van der Waals surface area contributed by atoms with Gasteiger partial charge in [0.25, 0.3) is 5.91 Å². The molecule has 0 spiro atoms. The minimum Gasteiger partial charge on any atom is -0.495 e. The highest BCUT2D eigenvalue weighted by Gasteiger charge is 2.23. The number of nitrogens with one attached hydrogen (secondary N) is 1. The summed E-state index contributed by atoms with van der Waals surface area (Å²) in [7, 11) is 4.86. The van der Waals surface area contributed by atoms with Crippen LogP contribution in [0.15, 0.2) is 71.8 Å². The molecule has 3 N–H and O–H groups in total. The molecule has 0 bridgehead atoms. The second-order valence-corrected chi connectivity index (χ2v) is 8.37. The Morgan fingerprint density at radius 1 is 1.00 bits per heavy atom. The number of aromatic nitrogens is 5. The van der Waals surface area contributed by atoms with Crippen LogP contribution in [0.2, 0.25) is 0 Å². The first-order valence-electron chi connectivity index (χ1n) is 11.2. The van der Waals surface area contributed by atoms with Gasteiger partial charge in [-0.2, -0.15) is 10.2 Å². The first kappa shape index (κ1) is 23.5. The zero-order valence-corrected chi connectivity index (χ0v) is 20.3. The van der Waals surface area contributed by atoms with Crippen LogP contribution in [0.25, 0.3) is 27.7 Å². The Bertz CT molecular complexity index is 1730. The first-order valence-corrected chi connectivity index (χ1v) is 11.2. The van der Waals surface area contributed by atoms with Crippen molar-refractivity contribution in [3.8, 4) is 22.6 Å². The Balaban J connectivity index is 1.56. The number of rotatable bonds is 6. The maximum absolute atomic E-state index is 13.3. The number of amides is 2. The van der Waals surface area contributed by atoms with E-state index in [0.29, 0.717) is 28.0 Å². The number of hydrogen-bond acceptors (Lipinski definition) is 6. The highest BCUT2D eigenvalue weighted by atomic mass is 16.5. The van der Waals surface area contributed by atoms with Gasteiger partial charge in [0.15, 0.2) is 5.69 Å². The molecule has 5 rings (SSSR count). The molecule has 0 atom stereocenters. The molecule has 186 valence electrons. The van der Waals surface area contributed by atoms with Gasteiger partial charge < -0.3 is 15.8 Å². The van der Waals surface area contributed by atoms with Crippen molar-refractivity contribution < 1.29 is 14.3 Å². The second-order valence-electron chi connectivity index (χ2n) is 8.37. The van der Waals surface area contributed by atoms with Gasteiger partial charge in [0, 0.05) is 30.9 Å². The summed E-state index contributed by atoms with van der Waals surface area (Å²) in [6, 6.07) is 17.5. The molecule has 2 amide bonds. The molecule has 0 saturated carbocycles. The number of methoxy groups -OCH3 is 1. The molecule has 11 nitrogen and oxygen atoms in total. The van der Waals surface area contributed by atoms with Crippen LogP contribution in [0.3, 0.4) is 0 Å². The molecule has 2 aromatic heterocycles. The van der Waals surface area contributed by atoms with Gasteiger partial charge in [0.1, 0.15) is 12.1 Å².